The van der Waals surface area contributed by atoms with E-state index in [9.17, 15) is 4.79 Å². The molecule has 4 nitrogen and oxygen atoms in total. The Bertz CT molecular complexity index is 393. The second-order valence-electron chi connectivity index (χ2n) is 4.79. The topological polar surface area (TPSA) is 52.6 Å². The zero-order chi connectivity index (χ0) is 14.3. The summed E-state index contributed by atoms with van der Waals surface area (Å²) in [5.74, 6) is 1.44. The Morgan fingerprint density at radius 3 is 2.53 bits per heavy atom. The van der Waals surface area contributed by atoms with E-state index in [1.807, 2.05) is 50.2 Å². The van der Waals surface area contributed by atoms with Gasteiger partial charge in [0.15, 0.2) is 0 Å². The predicted molar refractivity (Wildman–Crippen MR) is 83.0 cm³/mol. The average Bonchev–Trinajstić information content (AvgIpc) is 2.39. The number of aliphatic hydroxyl groups is 1. The van der Waals surface area contributed by atoms with E-state index >= 15 is 0 Å². The highest BCUT2D eigenvalue weighted by Crippen LogP contribution is 2.16. The molecule has 0 saturated carbocycles. The zero-order valence-electron chi connectivity index (χ0n) is 11.7. The number of rotatable bonds is 7. The van der Waals surface area contributed by atoms with Crippen LogP contribution in [0.4, 0.5) is 11.4 Å². The lowest BCUT2D eigenvalue weighted by Crippen LogP contribution is -2.16. The first-order valence-electron chi connectivity index (χ1n) is 6.28. The second-order valence-corrected chi connectivity index (χ2v) is 5.82. The Hall–Kier alpha value is -1.20. The Labute approximate surface area is 119 Å². The van der Waals surface area contributed by atoms with Gasteiger partial charge < -0.3 is 15.3 Å². The quantitative estimate of drug-likeness (QED) is 0.804. The van der Waals surface area contributed by atoms with Crippen molar-refractivity contribution < 1.29 is 9.90 Å². The normalized spacial score (nSPS) is 12.0. The summed E-state index contributed by atoms with van der Waals surface area (Å²) >= 11 is 1.54. The number of carbonyl (C=O) groups is 1. The summed E-state index contributed by atoms with van der Waals surface area (Å²) in [4.78, 5) is 13.7. The standard InChI is InChI=1S/C14H22N2O2S/c1-11(8-17)9-19-10-14(18)15-12-4-6-13(7-5-12)16(2)3/h4-7,11,17H,8-10H2,1-3H3,(H,15,18). The highest BCUT2D eigenvalue weighted by molar-refractivity contribution is 7.99. The van der Waals surface area contributed by atoms with Crippen LogP contribution in [0.1, 0.15) is 6.92 Å². The highest BCUT2D eigenvalue weighted by Gasteiger charge is 2.05. The van der Waals surface area contributed by atoms with Crippen LogP contribution in [0.15, 0.2) is 24.3 Å². The number of nitrogens with zero attached hydrogens (tertiary/aromatic N) is 1. The summed E-state index contributed by atoms with van der Waals surface area (Å²) in [6.45, 7) is 2.13. The molecule has 1 aromatic rings. The van der Waals surface area contributed by atoms with Crippen LogP contribution >= 0.6 is 11.8 Å². The summed E-state index contributed by atoms with van der Waals surface area (Å²) in [5.41, 5.74) is 1.91. The number of aliphatic hydroxyl groups excluding tert-OH is 1. The Kier molecular flexibility index (Phi) is 6.73. The molecule has 0 fully saturated rings. The van der Waals surface area contributed by atoms with Gasteiger partial charge in [-0.15, -0.1) is 0 Å². The SMILES string of the molecule is CC(CO)CSCC(=O)Nc1ccc(N(C)C)cc1. The molecule has 5 heteroatoms. The maximum Gasteiger partial charge on any atom is 0.234 e. The van der Waals surface area contributed by atoms with E-state index in [0.29, 0.717) is 5.75 Å². The largest absolute Gasteiger partial charge is 0.396 e. The van der Waals surface area contributed by atoms with Crippen molar-refractivity contribution in [3.8, 4) is 0 Å². The number of anilines is 2. The summed E-state index contributed by atoms with van der Waals surface area (Å²) < 4.78 is 0. The van der Waals surface area contributed by atoms with E-state index in [0.717, 1.165) is 17.1 Å². The third-order valence-electron chi connectivity index (χ3n) is 2.61. The van der Waals surface area contributed by atoms with Gasteiger partial charge in [-0.1, -0.05) is 6.92 Å². The van der Waals surface area contributed by atoms with Crippen molar-refractivity contribution >= 4 is 29.0 Å². The van der Waals surface area contributed by atoms with E-state index in [-0.39, 0.29) is 18.4 Å². The molecule has 0 spiro atoms. The lowest BCUT2D eigenvalue weighted by atomic mass is 10.2. The first-order chi connectivity index (χ1) is 9.02. The average molecular weight is 282 g/mol. The molecule has 0 heterocycles. The Morgan fingerprint density at radius 2 is 2.00 bits per heavy atom. The molecule has 1 amide bonds. The minimum Gasteiger partial charge on any atom is -0.396 e. The third-order valence-corrected chi connectivity index (χ3v) is 3.89. The molecule has 106 valence electrons. The van der Waals surface area contributed by atoms with Crippen LogP contribution in [0.25, 0.3) is 0 Å². The molecule has 0 aliphatic carbocycles. The van der Waals surface area contributed by atoms with Crippen molar-refractivity contribution in [2.75, 3.05) is 42.4 Å². The number of benzene rings is 1. The zero-order valence-corrected chi connectivity index (χ0v) is 12.5. The van der Waals surface area contributed by atoms with Crippen LogP contribution in [-0.2, 0) is 4.79 Å². The molecule has 0 radical (unpaired) electrons. The molecule has 1 rings (SSSR count). The van der Waals surface area contributed by atoms with Crippen molar-refractivity contribution in [1.29, 1.82) is 0 Å². The van der Waals surface area contributed by atoms with E-state index in [2.05, 4.69) is 5.32 Å². The number of amides is 1. The van der Waals surface area contributed by atoms with Gasteiger partial charge in [0.25, 0.3) is 0 Å². The van der Waals surface area contributed by atoms with Crippen LogP contribution in [0.5, 0.6) is 0 Å². The van der Waals surface area contributed by atoms with Crippen molar-refractivity contribution in [2.24, 2.45) is 5.92 Å². The van der Waals surface area contributed by atoms with Gasteiger partial charge in [0.1, 0.15) is 0 Å². The van der Waals surface area contributed by atoms with Crippen LogP contribution in [0.3, 0.4) is 0 Å². The molecule has 1 unspecified atom stereocenters. The van der Waals surface area contributed by atoms with Crippen molar-refractivity contribution in [3.63, 3.8) is 0 Å². The minimum absolute atomic E-state index is 0.00672. The molecular weight excluding hydrogens is 260 g/mol. The van der Waals surface area contributed by atoms with Crippen LogP contribution < -0.4 is 10.2 Å². The molecule has 0 saturated heterocycles. The van der Waals surface area contributed by atoms with Crippen LogP contribution in [0.2, 0.25) is 0 Å². The van der Waals surface area contributed by atoms with Crippen LogP contribution in [0, 0.1) is 5.92 Å². The van der Waals surface area contributed by atoms with Gasteiger partial charge in [0.05, 0.1) is 5.75 Å². The van der Waals surface area contributed by atoms with Gasteiger partial charge in [0.2, 0.25) is 5.91 Å². The maximum atomic E-state index is 11.7. The van der Waals surface area contributed by atoms with E-state index < -0.39 is 0 Å². The maximum absolute atomic E-state index is 11.7. The summed E-state index contributed by atoms with van der Waals surface area (Å²) in [7, 11) is 3.96. The highest BCUT2D eigenvalue weighted by atomic mass is 32.2. The Morgan fingerprint density at radius 1 is 1.37 bits per heavy atom. The fourth-order valence-corrected chi connectivity index (χ4v) is 2.33. The number of hydrogen-bond acceptors (Lipinski definition) is 4. The van der Waals surface area contributed by atoms with Crippen molar-refractivity contribution in [1.82, 2.24) is 0 Å². The van der Waals surface area contributed by atoms with Gasteiger partial charge in [0, 0.05) is 32.1 Å². The molecule has 1 aromatic carbocycles. The fraction of sp³-hybridized carbons (Fsp3) is 0.500. The smallest absolute Gasteiger partial charge is 0.234 e. The van der Waals surface area contributed by atoms with Gasteiger partial charge in [-0.2, -0.15) is 11.8 Å². The van der Waals surface area contributed by atoms with E-state index in [1.165, 1.54) is 0 Å². The number of thioether (sulfide) groups is 1. The lowest BCUT2D eigenvalue weighted by Gasteiger charge is -2.13. The van der Waals surface area contributed by atoms with Gasteiger partial charge in [-0.25, -0.2) is 0 Å². The van der Waals surface area contributed by atoms with Gasteiger partial charge in [-0.3, -0.25) is 4.79 Å². The first-order valence-corrected chi connectivity index (χ1v) is 7.44. The summed E-state index contributed by atoms with van der Waals surface area (Å²) in [6.07, 6.45) is 0. The number of hydrogen-bond donors (Lipinski definition) is 2. The first kappa shape index (κ1) is 15.9. The molecular formula is C14H22N2O2S. The summed E-state index contributed by atoms with van der Waals surface area (Å²) in [6, 6.07) is 7.73. The van der Waals surface area contributed by atoms with Gasteiger partial charge in [-0.05, 0) is 35.9 Å². The third kappa shape index (κ3) is 5.98. The van der Waals surface area contributed by atoms with E-state index in [4.69, 9.17) is 5.11 Å². The molecule has 19 heavy (non-hydrogen) atoms. The molecule has 2 N–H and O–H groups in total. The minimum atomic E-state index is -0.00672. The molecule has 0 aliphatic heterocycles. The fourth-order valence-electron chi connectivity index (χ4n) is 1.45. The van der Waals surface area contributed by atoms with E-state index in [1.54, 1.807) is 11.8 Å². The second kappa shape index (κ2) is 8.07. The van der Waals surface area contributed by atoms with Crippen LogP contribution in [-0.4, -0.2) is 43.2 Å². The van der Waals surface area contributed by atoms with Gasteiger partial charge >= 0.3 is 0 Å². The molecule has 0 aromatic heterocycles. The van der Waals surface area contributed by atoms with Crippen molar-refractivity contribution in [2.45, 2.75) is 6.92 Å². The lowest BCUT2D eigenvalue weighted by molar-refractivity contribution is -0.113. The Balaban J connectivity index is 2.36. The predicted octanol–water partition coefficient (Wildman–Crippen LogP) is 2.05. The van der Waals surface area contributed by atoms with Crippen molar-refractivity contribution in [3.05, 3.63) is 24.3 Å². The number of nitrogens with one attached hydrogen (secondary N) is 1. The molecule has 0 aliphatic rings. The monoisotopic (exact) mass is 282 g/mol. The molecule has 1 atom stereocenters. The summed E-state index contributed by atoms with van der Waals surface area (Å²) in [5, 5.41) is 11.7. The number of carbonyl (C=O) groups excluding carboxylic acids is 1. The molecule has 0 bridgehead atoms.